The van der Waals surface area contributed by atoms with Crippen molar-refractivity contribution in [3.63, 3.8) is 0 Å². The van der Waals surface area contributed by atoms with Crippen molar-refractivity contribution in [2.75, 3.05) is 13.1 Å². The molecule has 1 heterocycles. The Labute approximate surface area is 172 Å². The second-order valence-electron chi connectivity index (χ2n) is 7.82. The summed E-state index contributed by atoms with van der Waals surface area (Å²) in [5.74, 6) is 0.430. The van der Waals surface area contributed by atoms with E-state index in [9.17, 15) is 4.79 Å². The van der Waals surface area contributed by atoms with Gasteiger partial charge in [-0.2, -0.15) is 0 Å². The molecule has 144 valence electrons. The number of likely N-dealkylation sites (tertiary alicyclic amines) is 1. The summed E-state index contributed by atoms with van der Waals surface area (Å²) in [5.41, 5.74) is 3.04. The molecule has 2 aromatic carbocycles. The third-order valence-electron chi connectivity index (χ3n) is 6.21. The molecule has 0 aromatic heterocycles. The molecule has 4 rings (SSSR count). The monoisotopic (exact) mass is 429 g/mol. The molecule has 3 nitrogen and oxygen atoms in total. The number of esters is 1. The number of hydrogen-bond donors (Lipinski definition) is 0. The summed E-state index contributed by atoms with van der Waals surface area (Å²) in [7, 11) is 0. The highest BCUT2D eigenvalue weighted by Crippen LogP contribution is 2.49. The van der Waals surface area contributed by atoms with Crippen LogP contribution in [0.25, 0.3) is 0 Å². The van der Waals surface area contributed by atoms with Gasteiger partial charge in [-0.15, -0.1) is 17.0 Å². The molecule has 4 heteroatoms. The van der Waals surface area contributed by atoms with Crippen molar-refractivity contribution < 1.29 is 9.53 Å². The predicted molar refractivity (Wildman–Crippen MR) is 114 cm³/mol. The number of piperidine rings is 1. The number of fused-ring (bicyclic) bond motifs is 2. The van der Waals surface area contributed by atoms with Gasteiger partial charge in [0.05, 0.1) is 0 Å². The topological polar surface area (TPSA) is 29.5 Å². The van der Waals surface area contributed by atoms with Crippen LogP contribution in [0.3, 0.4) is 0 Å². The lowest BCUT2D eigenvalue weighted by Gasteiger charge is -2.40. The first-order valence-corrected chi connectivity index (χ1v) is 9.72. The lowest BCUT2D eigenvalue weighted by Crippen LogP contribution is -2.44. The van der Waals surface area contributed by atoms with Gasteiger partial charge in [-0.25, -0.2) is 0 Å². The summed E-state index contributed by atoms with van der Waals surface area (Å²) in [5, 5.41) is 0. The molecular weight excluding hydrogens is 402 g/mol. The zero-order chi connectivity index (χ0) is 18.0. The number of benzene rings is 2. The molecule has 27 heavy (non-hydrogen) atoms. The van der Waals surface area contributed by atoms with Gasteiger partial charge in [0.2, 0.25) is 0 Å². The summed E-state index contributed by atoms with van der Waals surface area (Å²) >= 11 is 0. The van der Waals surface area contributed by atoms with Gasteiger partial charge in [0.15, 0.2) is 0 Å². The van der Waals surface area contributed by atoms with Crippen LogP contribution in [0.5, 0.6) is 5.75 Å². The van der Waals surface area contributed by atoms with Crippen LogP contribution in [0.15, 0.2) is 54.6 Å². The maximum absolute atomic E-state index is 11.3. The molecule has 1 saturated heterocycles. The van der Waals surface area contributed by atoms with E-state index in [1.807, 2.05) is 12.1 Å². The summed E-state index contributed by atoms with van der Waals surface area (Å²) in [6.07, 6.45) is 6.06. The average molecular weight is 430 g/mol. The molecule has 2 fully saturated rings. The Morgan fingerprint density at radius 2 is 1.96 bits per heavy atom. The summed E-state index contributed by atoms with van der Waals surface area (Å²) in [6, 6.07) is 19.7. The number of hydrogen-bond acceptors (Lipinski definition) is 3. The van der Waals surface area contributed by atoms with Crippen LogP contribution in [0.1, 0.15) is 43.7 Å². The predicted octanol–water partition coefficient (Wildman–Crippen LogP) is 4.93. The van der Waals surface area contributed by atoms with E-state index >= 15 is 0 Å². The Morgan fingerprint density at radius 1 is 1.15 bits per heavy atom. The van der Waals surface area contributed by atoms with Crippen molar-refractivity contribution in [2.45, 2.75) is 50.5 Å². The van der Waals surface area contributed by atoms with E-state index in [1.54, 1.807) is 0 Å². The lowest BCUT2D eigenvalue weighted by molar-refractivity contribution is -0.131. The van der Waals surface area contributed by atoms with Crippen molar-refractivity contribution in [2.24, 2.45) is 0 Å². The maximum atomic E-state index is 11.3. The second kappa shape index (κ2) is 8.57. The smallest absolute Gasteiger partial charge is 0.308 e. The SMILES string of the molecule is Br.CC(=O)Oc1cccc(C23CCC(C2)N(CCc2ccccc2)CC3)c1. The van der Waals surface area contributed by atoms with E-state index in [2.05, 4.69) is 47.4 Å². The summed E-state index contributed by atoms with van der Waals surface area (Å²) < 4.78 is 5.31. The van der Waals surface area contributed by atoms with E-state index in [0.29, 0.717) is 11.8 Å². The van der Waals surface area contributed by atoms with Crippen molar-refractivity contribution >= 4 is 23.0 Å². The highest BCUT2D eigenvalue weighted by atomic mass is 79.9. The number of ether oxygens (including phenoxy) is 1. The minimum absolute atomic E-state index is 0. The van der Waals surface area contributed by atoms with E-state index in [1.165, 1.54) is 43.7 Å². The zero-order valence-corrected chi connectivity index (χ0v) is 17.6. The number of rotatable bonds is 5. The van der Waals surface area contributed by atoms with Crippen LogP contribution in [0.4, 0.5) is 0 Å². The van der Waals surface area contributed by atoms with Crippen molar-refractivity contribution in [3.8, 4) is 5.75 Å². The average Bonchev–Trinajstić information content (AvgIpc) is 3.01. The van der Waals surface area contributed by atoms with Gasteiger partial charge >= 0.3 is 5.97 Å². The quantitative estimate of drug-likeness (QED) is 0.498. The number of halogens is 1. The van der Waals surface area contributed by atoms with Crippen LogP contribution in [0, 0.1) is 0 Å². The Kier molecular flexibility index (Phi) is 6.38. The van der Waals surface area contributed by atoms with Gasteiger partial charge in [0.25, 0.3) is 0 Å². The first kappa shape index (κ1) is 20.1. The Bertz CT molecular complexity index is 779. The molecule has 2 aromatic rings. The molecular formula is C23H28BrNO2. The van der Waals surface area contributed by atoms with Gasteiger partial charge in [0, 0.05) is 19.5 Å². The van der Waals surface area contributed by atoms with E-state index in [-0.39, 0.29) is 28.4 Å². The van der Waals surface area contributed by atoms with Gasteiger partial charge in [0.1, 0.15) is 5.75 Å². The standard InChI is InChI=1S/C23H27NO2.BrH/c1-18(25)26-22-9-5-8-20(16-22)23-12-10-21(17-23)24(15-13-23)14-11-19-6-3-2-4-7-19;/h2-9,16,21H,10-15,17H2,1H3;1H. The molecule has 2 unspecified atom stereocenters. The third kappa shape index (κ3) is 4.44. The van der Waals surface area contributed by atoms with E-state index < -0.39 is 0 Å². The minimum Gasteiger partial charge on any atom is -0.427 e. The molecule has 2 atom stereocenters. The van der Waals surface area contributed by atoms with Gasteiger partial charge in [-0.3, -0.25) is 9.69 Å². The molecule has 0 amide bonds. The van der Waals surface area contributed by atoms with Crippen LogP contribution in [-0.4, -0.2) is 30.0 Å². The molecule has 0 radical (unpaired) electrons. The number of nitrogens with zero attached hydrogens (tertiary/aromatic N) is 1. The highest BCUT2D eigenvalue weighted by Gasteiger charge is 2.46. The molecule has 1 saturated carbocycles. The van der Waals surface area contributed by atoms with Crippen LogP contribution in [-0.2, 0) is 16.6 Å². The first-order valence-electron chi connectivity index (χ1n) is 9.72. The molecule has 2 bridgehead atoms. The molecule has 2 aliphatic rings. The van der Waals surface area contributed by atoms with Crippen molar-refractivity contribution in [3.05, 3.63) is 65.7 Å². The van der Waals surface area contributed by atoms with Crippen LogP contribution >= 0.6 is 17.0 Å². The van der Waals surface area contributed by atoms with Crippen molar-refractivity contribution in [1.29, 1.82) is 0 Å². The van der Waals surface area contributed by atoms with Gasteiger partial charge < -0.3 is 4.74 Å². The highest BCUT2D eigenvalue weighted by molar-refractivity contribution is 8.93. The van der Waals surface area contributed by atoms with Gasteiger partial charge in [-0.05, 0) is 67.3 Å². The summed E-state index contributed by atoms with van der Waals surface area (Å²) in [4.78, 5) is 13.9. The zero-order valence-electron chi connectivity index (χ0n) is 15.9. The number of carbonyl (C=O) groups excluding carboxylic acids is 1. The fourth-order valence-corrected chi connectivity index (χ4v) is 4.85. The normalized spacial score (nSPS) is 24.3. The minimum atomic E-state index is -0.250. The summed E-state index contributed by atoms with van der Waals surface area (Å²) in [6.45, 7) is 3.77. The third-order valence-corrected chi connectivity index (χ3v) is 6.21. The molecule has 0 N–H and O–H groups in total. The fourth-order valence-electron chi connectivity index (χ4n) is 4.85. The number of carbonyl (C=O) groups is 1. The van der Waals surface area contributed by atoms with Gasteiger partial charge in [-0.1, -0.05) is 42.5 Å². The van der Waals surface area contributed by atoms with Crippen LogP contribution < -0.4 is 4.74 Å². The van der Waals surface area contributed by atoms with Crippen LogP contribution in [0.2, 0.25) is 0 Å². The maximum Gasteiger partial charge on any atom is 0.308 e. The van der Waals surface area contributed by atoms with Crippen molar-refractivity contribution in [1.82, 2.24) is 4.90 Å². The second-order valence-corrected chi connectivity index (χ2v) is 7.82. The van der Waals surface area contributed by atoms with E-state index in [4.69, 9.17) is 4.74 Å². The fraction of sp³-hybridized carbons (Fsp3) is 0.435. The molecule has 1 aliphatic heterocycles. The molecule has 1 aliphatic carbocycles. The van der Waals surface area contributed by atoms with E-state index in [0.717, 1.165) is 19.5 Å². The largest absolute Gasteiger partial charge is 0.427 e. The Balaban J connectivity index is 0.00000210. The first-order chi connectivity index (χ1) is 12.6. The Hall–Kier alpha value is -1.65. The Morgan fingerprint density at radius 3 is 2.74 bits per heavy atom. The molecule has 0 spiro atoms. The lowest BCUT2D eigenvalue weighted by atomic mass is 9.74.